The molecule has 6 nitrogen and oxygen atoms in total. The average Bonchev–Trinajstić information content (AvgIpc) is 2.98. The summed E-state index contributed by atoms with van der Waals surface area (Å²) in [5, 5.41) is -0.452. The Morgan fingerprint density at radius 2 is 1.70 bits per heavy atom. The number of hydrogen-bond donors (Lipinski definition) is 0. The second kappa shape index (κ2) is 11.8. The van der Waals surface area contributed by atoms with E-state index in [0.717, 1.165) is 27.3 Å². The monoisotopic (exact) mass is 522 g/mol. The molecule has 0 aromatic heterocycles. The molecule has 37 heavy (non-hydrogen) atoms. The van der Waals surface area contributed by atoms with Crippen LogP contribution >= 0.6 is 11.8 Å². The Labute approximate surface area is 221 Å². The minimum absolute atomic E-state index is 0.254. The molecule has 3 aromatic carbocycles. The van der Waals surface area contributed by atoms with Gasteiger partial charge in [0.1, 0.15) is 11.6 Å². The number of hydrogen-bond acceptors (Lipinski definition) is 6. The standard InChI is InChI=1S/C29H31FN2O4S/c1-19(33)36-27-28(22-8-12-24(35-4)13-9-22)37-26-18-21(17-20-5-10-23(30)11-6-20)7-14-25(26)32(29(27)34)16-15-31(2)3/h5-14,18,27-28H,15-17H2,1-4H3. The smallest absolute Gasteiger partial charge is 0.303 e. The number of methoxy groups -OCH3 is 1. The third-order valence-corrected chi connectivity index (χ3v) is 7.54. The number of ether oxygens (including phenoxy) is 2. The molecule has 0 saturated carbocycles. The first-order valence-corrected chi connectivity index (χ1v) is 12.9. The van der Waals surface area contributed by atoms with Crippen molar-refractivity contribution in [1.29, 1.82) is 0 Å². The van der Waals surface area contributed by atoms with E-state index in [2.05, 4.69) is 6.07 Å². The van der Waals surface area contributed by atoms with Gasteiger partial charge in [0.25, 0.3) is 5.91 Å². The predicted octanol–water partition coefficient (Wildman–Crippen LogP) is 5.10. The summed E-state index contributed by atoms with van der Waals surface area (Å²) in [5.74, 6) is -0.328. The zero-order chi connectivity index (χ0) is 26.5. The molecule has 0 N–H and O–H groups in total. The van der Waals surface area contributed by atoms with Gasteiger partial charge in [-0.1, -0.05) is 30.3 Å². The van der Waals surface area contributed by atoms with Crippen molar-refractivity contribution in [3.05, 3.63) is 89.2 Å². The molecule has 0 spiro atoms. The number of fused-ring (bicyclic) bond motifs is 1. The topological polar surface area (TPSA) is 59.1 Å². The van der Waals surface area contributed by atoms with Crippen LogP contribution in [-0.2, 0) is 20.7 Å². The van der Waals surface area contributed by atoms with Crippen LogP contribution in [0.15, 0.2) is 71.6 Å². The third kappa shape index (κ3) is 6.50. The van der Waals surface area contributed by atoms with Gasteiger partial charge in [-0.05, 0) is 73.6 Å². The summed E-state index contributed by atoms with van der Waals surface area (Å²) >= 11 is 1.51. The molecule has 3 aromatic rings. The summed E-state index contributed by atoms with van der Waals surface area (Å²) in [7, 11) is 5.50. The van der Waals surface area contributed by atoms with Crippen molar-refractivity contribution in [2.45, 2.75) is 29.6 Å². The van der Waals surface area contributed by atoms with Gasteiger partial charge >= 0.3 is 5.97 Å². The summed E-state index contributed by atoms with van der Waals surface area (Å²) in [6, 6.07) is 20.0. The highest BCUT2D eigenvalue weighted by Gasteiger charge is 2.40. The number of halogens is 1. The highest BCUT2D eigenvalue weighted by molar-refractivity contribution is 7.99. The second-order valence-electron chi connectivity index (χ2n) is 9.24. The van der Waals surface area contributed by atoms with Crippen LogP contribution in [-0.4, -0.2) is 57.2 Å². The van der Waals surface area contributed by atoms with Crippen molar-refractivity contribution in [2.24, 2.45) is 0 Å². The fourth-order valence-electron chi connectivity index (χ4n) is 4.28. The number of rotatable bonds is 8. The van der Waals surface area contributed by atoms with Gasteiger partial charge < -0.3 is 19.3 Å². The highest BCUT2D eigenvalue weighted by Crippen LogP contribution is 2.47. The lowest BCUT2D eigenvalue weighted by atomic mass is 10.0. The summed E-state index contributed by atoms with van der Waals surface area (Å²) in [5.41, 5.74) is 3.67. The molecular formula is C29H31FN2O4S. The second-order valence-corrected chi connectivity index (χ2v) is 10.4. The van der Waals surface area contributed by atoms with Crippen LogP contribution in [0.3, 0.4) is 0 Å². The minimum Gasteiger partial charge on any atom is -0.497 e. The van der Waals surface area contributed by atoms with Crippen LogP contribution in [0.25, 0.3) is 0 Å². The van der Waals surface area contributed by atoms with E-state index < -0.39 is 17.3 Å². The Hall–Kier alpha value is -3.36. The van der Waals surface area contributed by atoms with Gasteiger partial charge in [-0.15, -0.1) is 11.8 Å². The van der Waals surface area contributed by atoms with Crippen molar-refractivity contribution in [3.8, 4) is 5.75 Å². The van der Waals surface area contributed by atoms with E-state index in [4.69, 9.17) is 9.47 Å². The van der Waals surface area contributed by atoms with Crippen LogP contribution in [0.4, 0.5) is 10.1 Å². The number of amides is 1. The molecule has 0 fully saturated rings. The van der Waals surface area contributed by atoms with Crippen molar-refractivity contribution in [1.82, 2.24) is 4.90 Å². The van der Waals surface area contributed by atoms with Crippen LogP contribution in [0.2, 0.25) is 0 Å². The van der Waals surface area contributed by atoms with Gasteiger partial charge in [0, 0.05) is 24.9 Å². The molecule has 1 heterocycles. The van der Waals surface area contributed by atoms with E-state index in [-0.39, 0.29) is 11.7 Å². The lowest BCUT2D eigenvalue weighted by Gasteiger charge is -2.28. The van der Waals surface area contributed by atoms with Gasteiger partial charge in [-0.3, -0.25) is 9.59 Å². The van der Waals surface area contributed by atoms with Gasteiger partial charge in [0.05, 0.1) is 18.0 Å². The van der Waals surface area contributed by atoms with E-state index >= 15 is 0 Å². The molecule has 0 aliphatic carbocycles. The number of nitrogens with zero attached hydrogens (tertiary/aromatic N) is 2. The summed E-state index contributed by atoms with van der Waals surface area (Å²) in [4.78, 5) is 30.7. The molecule has 4 rings (SSSR count). The lowest BCUT2D eigenvalue weighted by molar-refractivity contribution is -0.152. The van der Waals surface area contributed by atoms with Crippen LogP contribution in [0.5, 0.6) is 5.75 Å². The number of esters is 1. The van der Waals surface area contributed by atoms with E-state index in [9.17, 15) is 14.0 Å². The number of carbonyl (C=O) groups excluding carboxylic acids is 2. The maximum absolute atomic E-state index is 13.9. The molecule has 1 amide bonds. The van der Waals surface area contributed by atoms with Crippen molar-refractivity contribution >= 4 is 29.3 Å². The maximum atomic E-state index is 13.9. The molecule has 0 saturated heterocycles. The average molecular weight is 523 g/mol. The molecule has 0 radical (unpaired) electrons. The van der Waals surface area contributed by atoms with Gasteiger partial charge in [0.2, 0.25) is 0 Å². The van der Waals surface area contributed by atoms with Gasteiger partial charge in [-0.25, -0.2) is 4.39 Å². The van der Waals surface area contributed by atoms with E-state index in [1.807, 2.05) is 55.4 Å². The number of likely N-dealkylation sites (N-methyl/N-ethyl adjacent to an activating group) is 1. The van der Waals surface area contributed by atoms with Crippen LogP contribution in [0.1, 0.15) is 28.9 Å². The summed E-state index contributed by atoms with van der Waals surface area (Å²) in [6.45, 7) is 2.42. The number of thioether (sulfide) groups is 1. The van der Waals surface area contributed by atoms with Crippen LogP contribution < -0.4 is 9.64 Å². The molecule has 2 unspecified atom stereocenters. The number of benzene rings is 3. The molecule has 0 bridgehead atoms. The first-order chi connectivity index (χ1) is 17.7. The third-order valence-electron chi connectivity index (χ3n) is 6.18. The Balaban J connectivity index is 1.78. The zero-order valence-electron chi connectivity index (χ0n) is 21.4. The summed E-state index contributed by atoms with van der Waals surface area (Å²) in [6.07, 6.45) is -0.369. The van der Waals surface area contributed by atoms with E-state index in [0.29, 0.717) is 25.3 Å². The van der Waals surface area contributed by atoms with Gasteiger partial charge in [-0.2, -0.15) is 0 Å². The van der Waals surface area contributed by atoms with E-state index in [1.54, 1.807) is 24.1 Å². The summed E-state index contributed by atoms with van der Waals surface area (Å²) < 4.78 is 24.4. The van der Waals surface area contributed by atoms with Crippen molar-refractivity contribution in [2.75, 3.05) is 39.2 Å². The van der Waals surface area contributed by atoms with Gasteiger partial charge in [0.15, 0.2) is 6.10 Å². The van der Waals surface area contributed by atoms with Crippen molar-refractivity contribution < 1.29 is 23.5 Å². The normalized spacial score (nSPS) is 17.4. The molecule has 1 aliphatic rings. The maximum Gasteiger partial charge on any atom is 0.303 e. The number of anilines is 1. The van der Waals surface area contributed by atoms with Crippen LogP contribution in [0, 0.1) is 5.82 Å². The SMILES string of the molecule is COc1ccc(C2Sc3cc(Cc4ccc(F)cc4)ccc3N(CCN(C)C)C(=O)C2OC(C)=O)cc1. The van der Waals surface area contributed by atoms with E-state index in [1.165, 1.54) is 30.8 Å². The quantitative estimate of drug-likeness (QED) is 0.384. The fourth-order valence-corrected chi connectivity index (χ4v) is 5.66. The minimum atomic E-state index is -0.994. The zero-order valence-corrected chi connectivity index (χ0v) is 22.3. The molecule has 2 atom stereocenters. The first-order valence-electron chi connectivity index (χ1n) is 12.1. The Morgan fingerprint density at radius 3 is 2.32 bits per heavy atom. The Morgan fingerprint density at radius 1 is 1.03 bits per heavy atom. The Kier molecular flexibility index (Phi) is 8.51. The highest BCUT2D eigenvalue weighted by atomic mass is 32.2. The largest absolute Gasteiger partial charge is 0.497 e. The Bertz CT molecular complexity index is 1250. The van der Waals surface area contributed by atoms with Crippen molar-refractivity contribution in [3.63, 3.8) is 0 Å². The predicted molar refractivity (Wildman–Crippen MR) is 144 cm³/mol. The molecule has 1 aliphatic heterocycles. The molecule has 194 valence electrons. The lowest BCUT2D eigenvalue weighted by Crippen LogP contribution is -2.45. The molecule has 8 heteroatoms. The first kappa shape index (κ1) is 26.7. The number of carbonyl (C=O) groups is 2. The fraction of sp³-hybridized carbons (Fsp3) is 0.310. The molecular weight excluding hydrogens is 491 g/mol.